The standard InChI is InChI=1S/C22H20N2O2/c25-22(21-8-4-5-13-23-21)24-14-19(15-24)18-9-11-20(12-10-18)26-16-17-6-2-1-3-7-17/h1-13,19H,14-16H2. The summed E-state index contributed by atoms with van der Waals surface area (Å²) in [5.41, 5.74) is 2.90. The topological polar surface area (TPSA) is 42.4 Å². The largest absolute Gasteiger partial charge is 0.489 e. The fourth-order valence-corrected chi connectivity index (χ4v) is 3.08. The van der Waals surface area contributed by atoms with E-state index in [4.69, 9.17) is 4.74 Å². The van der Waals surface area contributed by atoms with Gasteiger partial charge in [0.15, 0.2) is 0 Å². The van der Waals surface area contributed by atoms with Crippen molar-refractivity contribution in [1.82, 2.24) is 9.88 Å². The van der Waals surface area contributed by atoms with Crippen LogP contribution in [0.2, 0.25) is 0 Å². The van der Waals surface area contributed by atoms with E-state index in [1.165, 1.54) is 5.56 Å². The second kappa shape index (κ2) is 7.40. The molecule has 4 rings (SSSR count). The second-order valence-corrected chi connectivity index (χ2v) is 6.47. The highest BCUT2D eigenvalue weighted by atomic mass is 16.5. The summed E-state index contributed by atoms with van der Waals surface area (Å²) in [6, 6.07) is 23.7. The minimum absolute atomic E-state index is 0.00432. The van der Waals surface area contributed by atoms with Crippen molar-refractivity contribution in [2.24, 2.45) is 0 Å². The Labute approximate surface area is 153 Å². The smallest absolute Gasteiger partial charge is 0.272 e. The number of amides is 1. The maximum Gasteiger partial charge on any atom is 0.272 e. The normalized spacial score (nSPS) is 13.9. The van der Waals surface area contributed by atoms with Crippen LogP contribution in [0.25, 0.3) is 0 Å². The quantitative estimate of drug-likeness (QED) is 0.705. The van der Waals surface area contributed by atoms with E-state index in [9.17, 15) is 4.79 Å². The maximum absolute atomic E-state index is 12.3. The van der Waals surface area contributed by atoms with Crippen LogP contribution in [0.3, 0.4) is 0 Å². The van der Waals surface area contributed by atoms with Gasteiger partial charge in [-0.25, -0.2) is 0 Å². The molecule has 0 atom stereocenters. The molecule has 1 fully saturated rings. The van der Waals surface area contributed by atoms with E-state index in [1.54, 1.807) is 12.3 Å². The number of hydrogen-bond donors (Lipinski definition) is 0. The monoisotopic (exact) mass is 344 g/mol. The van der Waals surface area contributed by atoms with Crippen LogP contribution in [-0.4, -0.2) is 28.9 Å². The summed E-state index contributed by atoms with van der Waals surface area (Å²) in [6.45, 7) is 2.04. The summed E-state index contributed by atoms with van der Waals surface area (Å²) < 4.78 is 5.82. The Balaban J connectivity index is 1.30. The van der Waals surface area contributed by atoms with Crippen molar-refractivity contribution in [2.45, 2.75) is 12.5 Å². The van der Waals surface area contributed by atoms with Gasteiger partial charge in [-0.3, -0.25) is 9.78 Å². The molecule has 4 nitrogen and oxygen atoms in total. The molecule has 2 heterocycles. The third kappa shape index (κ3) is 3.59. The lowest BCUT2D eigenvalue weighted by molar-refractivity contribution is 0.0596. The van der Waals surface area contributed by atoms with E-state index in [1.807, 2.05) is 47.4 Å². The summed E-state index contributed by atoms with van der Waals surface area (Å²) in [5, 5.41) is 0. The summed E-state index contributed by atoms with van der Waals surface area (Å²) in [6.07, 6.45) is 1.65. The van der Waals surface area contributed by atoms with Gasteiger partial charge >= 0.3 is 0 Å². The highest BCUT2D eigenvalue weighted by molar-refractivity contribution is 5.92. The van der Waals surface area contributed by atoms with E-state index in [-0.39, 0.29) is 5.91 Å². The van der Waals surface area contributed by atoms with Crippen LogP contribution in [0.5, 0.6) is 5.75 Å². The average molecular weight is 344 g/mol. The zero-order valence-corrected chi connectivity index (χ0v) is 14.4. The number of carbonyl (C=O) groups excluding carboxylic acids is 1. The van der Waals surface area contributed by atoms with E-state index in [0.29, 0.717) is 18.2 Å². The van der Waals surface area contributed by atoms with Crippen molar-refractivity contribution in [3.63, 3.8) is 0 Å². The van der Waals surface area contributed by atoms with Gasteiger partial charge in [0.1, 0.15) is 18.1 Å². The predicted octanol–water partition coefficient (Wildman–Crippen LogP) is 3.90. The summed E-state index contributed by atoms with van der Waals surface area (Å²) in [7, 11) is 0. The van der Waals surface area contributed by atoms with E-state index in [0.717, 1.165) is 24.4 Å². The third-order valence-corrected chi connectivity index (χ3v) is 4.65. The highest BCUT2D eigenvalue weighted by Gasteiger charge is 2.32. The van der Waals surface area contributed by atoms with Crippen molar-refractivity contribution in [2.75, 3.05) is 13.1 Å². The Morgan fingerprint density at radius 2 is 1.69 bits per heavy atom. The first-order chi connectivity index (χ1) is 12.8. The molecule has 1 amide bonds. The predicted molar refractivity (Wildman–Crippen MR) is 100 cm³/mol. The zero-order valence-electron chi connectivity index (χ0n) is 14.4. The molecule has 0 aliphatic carbocycles. The Kier molecular flexibility index (Phi) is 4.65. The molecule has 0 saturated carbocycles. The molecule has 0 spiro atoms. The van der Waals surface area contributed by atoms with Crippen LogP contribution in [-0.2, 0) is 6.61 Å². The second-order valence-electron chi connectivity index (χ2n) is 6.47. The summed E-state index contributed by atoms with van der Waals surface area (Å²) in [5.74, 6) is 1.24. The number of pyridine rings is 1. The summed E-state index contributed by atoms with van der Waals surface area (Å²) in [4.78, 5) is 18.3. The molecule has 0 unspecified atom stereocenters. The Morgan fingerprint density at radius 1 is 0.962 bits per heavy atom. The minimum Gasteiger partial charge on any atom is -0.489 e. The van der Waals surface area contributed by atoms with Crippen LogP contribution in [0.15, 0.2) is 79.0 Å². The molecule has 26 heavy (non-hydrogen) atoms. The van der Waals surface area contributed by atoms with Crippen LogP contribution >= 0.6 is 0 Å². The maximum atomic E-state index is 12.3. The summed E-state index contributed by atoms with van der Waals surface area (Å²) >= 11 is 0. The molecule has 0 radical (unpaired) electrons. The van der Waals surface area contributed by atoms with Crippen molar-refractivity contribution >= 4 is 5.91 Å². The molecular formula is C22H20N2O2. The van der Waals surface area contributed by atoms with Crippen molar-refractivity contribution in [3.8, 4) is 5.75 Å². The van der Waals surface area contributed by atoms with Crippen molar-refractivity contribution < 1.29 is 9.53 Å². The highest BCUT2D eigenvalue weighted by Crippen LogP contribution is 2.29. The van der Waals surface area contributed by atoms with Crippen LogP contribution in [0, 0.1) is 0 Å². The number of benzene rings is 2. The van der Waals surface area contributed by atoms with Gasteiger partial charge in [-0.1, -0.05) is 48.5 Å². The van der Waals surface area contributed by atoms with Gasteiger partial charge in [0.25, 0.3) is 5.91 Å². The SMILES string of the molecule is O=C(c1ccccn1)N1CC(c2ccc(OCc3ccccc3)cc2)C1. The minimum atomic E-state index is 0.00432. The van der Waals surface area contributed by atoms with Gasteiger partial charge in [0.05, 0.1) is 0 Å². The van der Waals surface area contributed by atoms with Gasteiger partial charge in [-0.05, 0) is 35.4 Å². The fourth-order valence-electron chi connectivity index (χ4n) is 3.08. The van der Waals surface area contributed by atoms with Crippen molar-refractivity contribution in [3.05, 3.63) is 95.8 Å². The molecule has 1 aliphatic rings. The molecule has 0 bridgehead atoms. The third-order valence-electron chi connectivity index (χ3n) is 4.65. The molecule has 1 saturated heterocycles. The molecule has 4 heteroatoms. The Bertz CT molecular complexity index is 858. The van der Waals surface area contributed by atoms with Gasteiger partial charge < -0.3 is 9.64 Å². The van der Waals surface area contributed by atoms with E-state index >= 15 is 0 Å². The zero-order chi connectivity index (χ0) is 17.8. The average Bonchev–Trinajstić information content (AvgIpc) is 2.67. The lowest BCUT2D eigenvalue weighted by atomic mass is 9.91. The van der Waals surface area contributed by atoms with Gasteiger partial charge in [-0.2, -0.15) is 0 Å². The number of aromatic nitrogens is 1. The lowest BCUT2D eigenvalue weighted by Gasteiger charge is -2.39. The first-order valence-electron chi connectivity index (χ1n) is 8.76. The number of nitrogens with zero attached hydrogens (tertiary/aromatic N) is 2. The van der Waals surface area contributed by atoms with E-state index in [2.05, 4.69) is 29.2 Å². The fraction of sp³-hybridized carbons (Fsp3) is 0.182. The molecule has 0 N–H and O–H groups in total. The van der Waals surface area contributed by atoms with E-state index < -0.39 is 0 Å². The molecule has 1 aromatic heterocycles. The molecule has 3 aromatic rings. The molecular weight excluding hydrogens is 324 g/mol. The number of likely N-dealkylation sites (tertiary alicyclic amines) is 1. The first kappa shape index (κ1) is 16.3. The molecule has 1 aliphatic heterocycles. The Morgan fingerprint density at radius 3 is 2.38 bits per heavy atom. The number of rotatable bonds is 5. The van der Waals surface area contributed by atoms with Gasteiger partial charge in [0, 0.05) is 25.2 Å². The van der Waals surface area contributed by atoms with Gasteiger partial charge in [-0.15, -0.1) is 0 Å². The molecule has 2 aromatic carbocycles. The Hall–Kier alpha value is -3.14. The van der Waals surface area contributed by atoms with Crippen molar-refractivity contribution in [1.29, 1.82) is 0 Å². The van der Waals surface area contributed by atoms with Crippen LogP contribution < -0.4 is 4.74 Å². The van der Waals surface area contributed by atoms with Crippen LogP contribution in [0.1, 0.15) is 27.5 Å². The first-order valence-corrected chi connectivity index (χ1v) is 8.76. The number of ether oxygens (including phenoxy) is 1. The van der Waals surface area contributed by atoms with Crippen LogP contribution in [0.4, 0.5) is 0 Å². The lowest BCUT2D eigenvalue weighted by Crippen LogP contribution is -2.48. The number of hydrogen-bond acceptors (Lipinski definition) is 3. The van der Waals surface area contributed by atoms with Gasteiger partial charge in [0.2, 0.25) is 0 Å². The number of carbonyl (C=O) groups is 1. The molecule has 130 valence electrons.